The van der Waals surface area contributed by atoms with E-state index in [1.54, 1.807) is 12.1 Å². The van der Waals surface area contributed by atoms with Gasteiger partial charge in [0.1, 0.15) is 5.75 Å². The van der Waals surface area contributed by atoms with Crippen LogP contribution in [0.15, 0.2) is 24.3 Å². The van der Waals surface area contributed by atoms with Gasteiger partial charge < -0.3 is 5.11 Å². The Morgan fingerprint density at radius 1 is 0.824 bits per heavy atom. The van der Waals surface area contributed by atoms with E-state index in [1.807, 2.05) is 26.0 Å². The van der Waals surface area contributed by atoms with Crippen LogP contribution in [-0.2, 0) is 6.42 Å². The van der Waals surface area contributed by atoms with Gasteiger partial charge in [-0.1, -0.05) is 72.4 Å². The summed E-state index contributed by atoms with van der Waals surface area (Å²) in [5.41, 5.74) is 1.26. The van der Waals surface area contributed by atoms with Gasteiger partial charge in [-0.15, -0.1) is 0 Å². The first kappa shape index (κ1) is 18.4. The van der Waals surface area contributed by atoms with Crippen molar-refractivity contribution in [1.29, 1.82) is 0 Å². The standard InChI is InChI=1S/C8H10O.C6H14.C2H6/c1-2-7-3-5-8(9)6-4-7;1-3-5-6-4-2;1-2/h3-6,9H,2H2,1H3;3-6H2,1-2H3;1-2H3. The monoisotopic (exact) mass is 238 g/mol. The first-order valence-electron chi connectivity index (χ1n) is 7.02. The van der Waals surface area contributed by atoms with Gasteiger partial charge in [-0.3, -0.25) is 0 Å². The number of aryl methyl sites for hydroxylation is 1. The van der Waals surface area contributed by atoms with Crippen molar-refractivity contribution in [2.75, 3.05) is 0 Å². The molecule has 17 heavy (non-hydrogen) atoms. The third-order valence-electron chi connectivity index (χ3n) is 2.30. The van der Waals surface area contributed by atoms with Crippen LogP contribution in [0.5, 0.6) is 5.75 Å². The minimum Gasteiger partial charge on any atom is -0.508 e. The second kappa shape index (κ2) is 15.0. The van der Waals surface area contributed by atoms with Crippen molar-refractivity contribution in [1.82, 2.24) is 0 Å². The van der Waals surface area contributed by atoms with E-state index in [-0.39, 0.29) is 0 Å². The van der Waals surface area contributed by atoms with Gasteiger partial charge in [-0.25, -0.2) is 0 Å². The van der Waals surface area contributed by atoms with E-state index in [4.69, 9.17) is 5.11 Å². The number of hydrogen-bond donors (Lipinski definition) is 1. The number of benzene rings is 1. The number of hydrogen-bond acceptors (Lipinski definition) is 1. The van der Waals surface area contributed by atoms with Crippen LogP contribution in [0.4, 0.5) is 0 Å². The summed E-state index contributed by atoms with van der Waals surface area (Å²) in [7, 11) is 0. The highest BCUT2D eigenvalue weighted by Gasteiger charge is 1.86. The van der Waals surface area contributed by atoms with Crippen LogP contribution in [0.25, 0.3) is 0 Å². The van der Waals surface area contributed by atoms with Gasteiger partial charge >= 0.3 is 0 Å². The summed E-state index contributed by atoms with van der Waals surface area (Å²) in [5, 5.41) is 8.85. The van der Waals surface area contributed by atoms with Crippen LogP contribution in [0, 0.1) is 0 Å². The van der Waals surface area contributed by atoms with Crippen LogP contribution in [0.2, 0.25) is 0 Å². The molecule has 100 valence electrons. The zero-order valence-corrected chi connectivity index (χ0v) is 12.3. The van der Waals surface area contributed by atoms with Gasteiger partial charge in [0, 0.05) is 0 Å². The summed E-state index contributed by atoms with van der Waals surface area (Å²) >= 11 is 0. The minimum absolute atomic E-state index is 0.340. The Labute approximate surface area is 108 Å². The lowest BCUT2D eigenvalue weighted by atomic mass is 10.2. The molecule has 1 heteroatoms. The number of phenols is 1. The molecule has 0 unspecified atom stereocenters. The molecule has 1 aromatic carbocycles. The summed E-state index contributed by atoms with van der Waals surface area (Å²) < 4.78 is 0. The number of aromatic hydroxyl groups is 1. The Bertz CT molecular complexity index is 222. The van der Waals surface area contributed by atoms with Crippen LogP contribution in [0.3, 0.4) is 0 Å². The molecule has 0 aliphatic carbocycles. The van der Waals surface area contributed by atoms with Gasteiger partial charge in [0.2, 0.25) is 0 Å². The number of phenolic OH excluding ortho intramolecular Hbond substituents is 1. The van der Waals surface area contributed by atoms with E-state index in [1.165, 1.54) is 31.2 Å². The van der Waals surface area contributed by atoms with Gasteiger partial charge in [-0.05, 0) is 24.1 Å². The molecule has 0 amide bonds. The summed E-state index contributed by atoms with van der Waals surface area (Å²) in [6.45, 7) is 10.6. The summed E-state index contributed by atoms with van der Waals surface area (Å²) in [6, 6.07) is 7.27. The molecule has 0 saturated heterocycles. The smallest absolute Gasteiger partial charge is 0.115 e. The second-order valence-electron chi connectivity index (χ2n) is 3.73. The Morgan fingerprint density at radius 3 is 1.53 bits per heavy atom. The molecule has 1 rings (SSSR count). The van der Waals surface area contributed by atoms with E-state index < -0.39 is 0 Å². The quantitative estimate of drug-likeness (QED) is 0.680. The molecular weight excluding hydrogens is 208 g/mol. The van der Waals surface area contributed by atoms with Crippen molar-refractivity contribution in [3.05, 3.63) is 29.8 Å². The van der Waals surface area contributed by atoms with Crippen molar-refractivity contribution in [2.24, 2.45) is 0 Å². The molecule has 0 aliphatic rings. The molecule has 0 saturated carbocycles. The maximum absolute atomic E-state index is 8.85. The average molecular weight is 238 g/mol. The Balaban J connectivity index is 0. The molecule has 0 spiro atoms. The fourth-order valence-corrected chi connectivity index (χ4v) is 1.23. The Hall–Kier alpha value is -0.980. The summed E-state index contributed by atoms with van der Waals surface area (Å²) in [4.78, 5) is 0. The molecule has 1 N–H and O–H groups in total. The predicted octanol–water partition coefficient (Wildman–Crippen LogP) is 5.57. The first-order chi connectivity index (χ1) is 8.24. The maximum atomic E-state index is 8.85. The third kappa shape index (κ3) is 13.0. The Morgan fingerprint density at radius 2 is 1.24 bits per heavy atom. The molecular formula is C16H30O. The van der Waals surface area contributed by atoms with Crippen LogP contribution in [-0.4, -0.2) is 5.11 Å². The number of rotatable bonds is 4. The Kier molecular flexibility index (Phi) is 16.2. The van der Waals surface area contributed by atoms with E-state index in [2.05, 4.69) is 20.8 Å². The molecule has 1 nitrogen and oxygen atoms in total. The number of unbranched alkanes of at least 4 members (excludes halogenated alkanes) is 3. The van der Waals surface area contributed by atoms with Crippen LogP contribution >= 0.6 is 0 Å². The van der Waals surface area contributed by atoms with E-state index in [0.29, 0.717) is 5.75 Å². The molecule has 1 aromatic rings. The highest BCUT2D eigenvalue weighted by molar-refractivity contribution is 5.25. The minimum atomic E-state index is 0.340. The summed E-state index contributed by atoms with van der Waals surface area (Å²) in [5.74, 6) is 0.340. The van der Waals surface area contributed by atoms with Crippen molar-refractivity contribution in [3.63, 3.8) is 0 Å². The molecule has 0 aliphatic heterocycles. The zero-order chi connectivity index (χ0) is 13.5. The van der Waals surface area contributed by atoms with Gasteiger partial charge in [0.25, 0.3) is 0 Å². The van der Waals surface area contributed by atoms with E-state index >= 15 is 0 Å². The molecule has 0 fully saturated rings. The van der Waals surface area contributed by atoms with E-state index in [0.717, 1.165) is 6.42 Å². The van der Waals surface area contributed by atoms with Gasteiger partial charge in [0.15, 0.2) is 0 Å². The fourth-order valence-electron chi connectivity index (χ4n) is 1.23. The highest BCUT2D eigenvalue weighted by atomic mass is 16.3. The largest absolute Gasteiger partial charge is 0.508 e. The van der Waals surface area contributed by atoms with Crippen molar-refractivity contribution in [2.45, 2.75) is 66.7 Å². The SMILES string of the molecule is CC.CCCCCC.CCc1ccc(O)cc1. The topological polar surface area (TPSA) is 20.2 Å². The first-order valence-corrected chi connectivity index (χ1v) is 7.02. The average Bonchev–Trinajstić information content (AvgIpc) is 2.40. The fraction of sp³-hybridized carbons (Fsp3) is 0.625. The predicted molar refractivity (Wildman–Crippen MR) is 78.6 cm³/mol. The lowest BCUT2D eigenvalue weighted by molar-refractivity contribution is 0.475. The van der Waals surface area contributed by atoms with Crippen molar-refractivity contribution >= 4 is 0 Å². The van der Waals surface area contributed by atoms with Crippen molar-refractivity contribution < 1.29 is 5.11 Å². The molecule has 0 heterocycles. The molecule has 0 atom stereocenters. The summed E-state index contributed by atoms with van der Waals surface area (Å²) in [6.07, 6.45) is 6.56. The molecule has 0 radical (unpaired) electrons. The zero-order valence-electron chi connectivity index (χ0n) is 12.3. The highest BCUT2D eigenvalue weighted by Crippen LogP contribution is 2.09. The van der Waals surface area contributed by atoms with E-state index in [9.17, 15) is 0 Å². The van der Waals surface area contributed by atoms with Crippen LogP contribution < -0.4 is 0 Å². The van der Waals surface area contributed by atoms with Crippen molar-refractivity contribution in [3.8, 4) is 5.75 Å². The lowest BCUT2D eigenvalue weighted by Crippen LogP contribution is -1.75. The molecule has 0 aromatic heterocycles. The van der Waals surface area contributed by atoms with Crippen LogP contribution in [0.1, 0.15) is 65.9 Å². The molecule has 0 bridgehead atoms. The third-order valence-corrected chi connectivity index (χ3v) is 2.30. The maximum Gasteiger partial charge on any atom is 0.115 e. The second-order valence-corrected chi connectivity index (χ2v) is 3.73. The van der Waals surface area contributed by atoms with Gasteiger partial charge in [0.05, 0.1) is 0 Å². The van der Waals surface area contributed by atoms with Gasteiger partial charge in [-0.2, -0.15) is 0 Å². The lowest BCUT2D eigenvalue weighted by Gasteiger charge is -1.93. The normalized spacial score (nSPS) is 8.53.